The molecule has 0 spiro atoms. The zero-order chi connectivity index (χ0) is 15.1. The number of ether oxygens (including phenoxy) is 1. The largest absolute Gasteiger partial charge is 0.464 e. The van der Waals surface area contributed by atoms with Gasteiger partial charge < -0.3 is 9.64 Å². The molecular formula is C17H19NO3. The molecule has 1 aromatic rings. The van der Waals surface area contributed by atoms with Crippen molar-refractivity contribution >= 4 is 11.9 Å². The number of piperidine rings is 1. The molecule has 1 heterocycles. The Morgan fingerprint density at radius 2 is 2.05 bits per heavy atom. The van der Waals surface area contributed by atoms with Crippen LogP contribution in [0.4, 0.5) is 0 Å². The van der Waals surface area contributed by atoms with Crippen molar-refractivity contribution in [3.8, 4) is 11.8 Å². The second-order valence-corrected chi connectivity index (χ2v) is 4.88. The zero-order valence-corrected chi connectivity index (χ0v) is 12.2. The van der Waals surface area contributed by atoms with Gasteiger partial charge in [-0.1, -0.05) is 24.1 Å². The first-order valence-electron chi connectivity index (χ1n) is 7.26. The molecule has 1 saturated heterocycles. The predicted molar refractivity (Wildman–Crippen MR) is 79.3 cm³/mol. The molecule has 2 rings (SSSR count). The molecule has 1 atom stereocenters. The van der Waals surface area contributed by atoms with Crippen LogP contribution in [0.25, 0.3) is 0 Å². The first kappa shape index (κ1) is 15.1. The number of benzene rings is 1. The summed E-state index contributed by atoms with van der Waals surface area (Å²) in [5.41, 5.74) is 0.788. The van der Waals surface area contributed by atoms with Gasteiger partial charge in [-0.3, -0.25) is 4.79 Å². The standard InChI is InChI=1S/C17H19NO3/c1-2-21-17(20)15-10-6-7-13-18(15)16(19)12-11-14-8-4-3-5-9-14/h3-5,8-9,15H,2,6-7,10,13H2,1H3. The lowest BCUT2D eigenvalue weighted by atomic mass is 10.0. The van der Waals surface area contributed by atoms with Gasteiger partial charge in [0.2, 0.25) is 0 Å². The van der Waals surface area contributed by atoms with Crippen LogP contribution >= 0.6 is 0 Å². The molecule has 1 aromatic carbocycles. The number of esters is 1. The van der Waals surface area contributed by atoms with E-state index in [1.54, 1.807) is 6.92 Å². The monoisotopic (exact) mass is 285 g/mol. The number of hydrogen-bond donors (Lipinski definition) is 0. The summed E-state index contributed by atoms with van der Waals surface area (Å²) in [5, 5.41) is 0. The van der Waals surface area contributed by atoms with Gasteiger partial charge in [-0.25, -0.2) is 4.79 Å². The maximum absolute atomic E-state index is 12.2. The van der Waals surface area contributed by atoms with Crippen molar-refractivity contribution in [2.24, 2.45) is 0 Å². The fourth-order valence-corrected chi connectivity index (χ4v) is 2.38. The third-order valence-electron chi connectivity index (χ3n) is 3.41. The molecular weight excluding hydrogens is 266 g/mol. The summed E-state index contributed by atoms with van der Waals surface area (Å²) in [6, 6.07) is 8.84. The van der Waals surface area contributed by atoms with Gasteiger partial charge >= 0.3 is 5.97 Å². The van der Waals surface area contributed by atoms with Gasteiger partial charge in [-0.2, -0.15) is 0 Å². The molecule has 0 aromatic heterocycles. The highest BCUT2D eigenvalue weighted by atomic mass is 16.5. The van der Waals surface area contributed by atoms with Crippen LogP contribution < -0.4 is 0 Å². The van der Waals surface area contributed by atoms with Crippen LogP contribution in [0.2, 0.25) is 0 Å². The number of hydrogen-bond acceptors (Lipinski definition) is 3. The highest BCUT2D eigenvalue weighted by Crippen LogP contribution is 2.18. The van der Waals surface area contributed by atoms with Gasteiger partial charge in [0.1, 0.15) is 6.04 Å². The van der Waals surface area contributed by atoms with Gasteiger partial charge in [0.05, 0.1) is 6.61 Å². The highest BCUT2D eigenvalue weighted by molar-refractivity contribution is 5.96. The van der Waals surface area contributed by atoms with Gasteiger partial charge in [0, 0.05) is 18.0 Å². The average Bonchev–Trinajstić information content (AvgIpc) is 2.54. The highest BCUT2D eigenvalue weighted by Gasteiger charge is 2.32. The Labute approximate surface area is 125 Å². The predicted octanol–water partition coefficient (Wildman–Crippen LogP) is 1.98. The maximum Gasteiger partial charge on any atom is 0.328 e. The minimum absolute atomic E-state index is 0.309. The van der Waals surface area contributed by atoms with Gasteiger partial charge in [0.15, 0.2) is 0 Å². The van der Waals surface area contributed by atoms with Crippen molar-refractivity contribution < 1.29 is 14.3 Å². The van der Waals surface area contributed by atoms with Crippen molar-refractivity contribution in [2.45, 2.75) is 32.2 Å². The second kappa shape index (κ2) is 7.49. The lowest BCUT2D eigenvalue weighted by Crippen LogP contribution is -2.48. The Hall–Kier alpha value is -2.28. The third kappa shape index (κ3) is 4.09. The minimum atomic E-state index is -0.490. The molecule has 1 fully saturated rings. The first-order valence-corrected chi connectivity index (χ1v) is 7.26. The molecule has 0 aliphatic carbocycles. The van der Waals surface area contributed by atoms with E-state index in [4.69, 9.17) is 4.74 Å². The van der Waals surface area contributed by atoms with Crippen molar-refractivity contribution in [1.29, 1.82) is 0 Å². The molecule has 1 amide bonds. The van der Waals surface area contributed by atoms with E-state index < -0.39 is 6.04 Å². The fraction of sp³-hybridized carbons (Fsp3) is 0.412. The van der Waals surface area contributed by atoms with E-state index in [-0.39, 0.29) is 11.9 Å². The Bertz CT molecular complexity index is 556. The summed E-state index contributed by atoms with van der Waals surface area (Å²) in [5.74, 6) is 4.83. The van der Waals surface area contributed by atoms with Crippen molar-refractivity contribution in [3.05, 3.63) is 35.9 Å². The number of amides is 1. The quantitative estimate of drug-likeness (QED) is 0.616. The smallest absolute Gasteiger partial charge is 0.328 e. The van der Waals surface area contributed by atoms with E-state index in [0.717, 1.165) is 18.4 Å². The van der Waals surface area contributed by atoms with Crippen molar-refractivity contribution in [3.63, 3.8) is 0 Å². The van der Waals surface area contributed by atoms with Gasteiger partial charge in [-0.15, -0.1) is 0 Å². The van der Waals surface area contributed by atoms with E-state index in [0.29, 0.717) is 19.6 Å². The SMILES string of the molecule is CCOC(=O)C1CCCCN1C(=O)C#Cc1ccccc1. The summed E-state index contributed by atoms with van der Waals surface area (Å²) in [6.07, 6.45) is 2.48. The number of likely N-dealkylation sites (tertiary alicyclic amines) is 1. The molecule has 0 saturated carbocycles. The summed E-state index contributed by atoms with van der Waals surface area (Å²) in [4.78, 5) is 25.7. The summed E-state index contributed by atoms with van der Waals surface area (Å²) < 4.78 is 5.04. The van der Waals surface area contributed by atoms with E-state index in [9.17, 15) is 9.59 Å². The molecule has 0 N–H and O–H groups in total. The van der Waals surface area contributed by atoms with E-state index >= 15 is 0 Å². The Morgan fingerprint density at radius 3 is 2.76 bits per heavy atom. The topological polar surface area (TPSA) is 46.6 Å². The normalized spacial score (nSPS) is 17.6. The third-order valence-corrected chi connectivity index (χ3v) is 3.41. The second-order valence-electron chi connectivity index (χ2n) is 4.88. The van der Waals surface area contributed by atoms with E-state index in [2.05, 4.69) is 11.8 Å². The van der Waals surface area contributed by atoms with Gasteiger partial charge in [0.25, 0.3) is 5.91 Å². The van der Waals surface area contributed by atoms with Crippen LogP contribution in [0.1, 0.15) is 31.7 Å². The molecule has 0 bridgehead atoms. The van der Waals surface area contributed by atoms with Crippen molar-refractivity contribution in [1.82, 2.24) is 4.90 Å². The van der Waals surface area contributed by atoms with Crippen LogP contribution in [0.3, 0.4) is 0 Å². The molecule has 4 nitrogen and oxygen atoms in total. The maximum atomic E-state index is 12.2. The van der Waals surface area contributed by atoms with Crippen LogP contribution in [-0.2, 0) is 14.3 Å². The zero-order valence-electron chi connectivity index (χ0n) is 12.2. The summed E-state index contributed by atoms with van der Waals surface area (Å²) >= 11 is 0. The van der Waals surface area contributed by atoms with Crippen LogP contribution in [-0.4, -0.2) is 36.0 Å². The summed E-state index contributed by atoms with van der Waals surface area (Å²) in [7, 11) is 0. The molecule has 4 heteroatoms. The van der Waals surface area contributed by atoms with Crippen LogP contribution in [0.5, 0.6) is 0 Å². The first-order chi connectivity index (χ1) is 10.2. The number of nitrogens with zero attached hydrogens (tertiary/aromatic N) is 1. The summed E-state index contributed by atoms with van der Waals surface area (Å²) in [6.45, 7) is 2.65. The number of rotatable bonds is 2. The molecule has 1 aliphatic rings. The number of carbonyl (C=O) groups is 2. The Kier molecular flexibility index (Phi) is 5.39. The van der Waals surface area contributed by atoms with E-state index in [1.807, 2.05) is 30.3 Å². The van der Waals surface area contributed by atoms with Gasteiger partial charge in [-0.05, 0) is 38.3 Å². The lowest BCUT2D eigenvalue weighted by molar-refractivity contribution is -0.154. The van der Waals surface area contributed by atoms with Crippen LogP contribution in [0, 0.1) is 11.8 Å². The average molecular weight is 285 g/mol. The molecule has 21 heavy (non-hydrogen) atoms. The molecule has 1 unspecified atom stereocenters. The number of carbonyl (C=O) groups excluding carboxylic acids is 2. The lowest BCUT2D eigenvalue weighted by Gasteiger charge is -2.32. The van der Waals surface area contributed by atoms with Crippen molar-refractivity contribution in [2.75, 3.05) is 13.2 Å². The minimum Gasteiger partial charge on any atom is -0.464 e. The Balaban J connectivity index is 2.09. The molecule has 0 radical (unpaired) electrons. The fourth-order valence-electron chi connectivity index (χ4n) is 2.38. The van der Waals surface area contributed by atoms with Crippen LogP contribution in [0.15, 0.2) is 30.3 Å². The Morgan fingerprint density at radius 1 is 1.29 bits per heavy atom. The molecule has 110 valence electrons. The van der Waals surface area contributed by atoms with E-state index in [1.165, 1.54) is 4.90 Å². The molecule has 1 aliphatic heterocycles.